The zero-order chi connectivity index (χ0) is 16.8. The highest BCUT2D eigenvalue weighted by molar-refractivity contribution is 6.37. The molecule has 0 aliphatic carbocycles. The summed E-state index contributed by atoms with van der Waals surface area (Å²) in [5, 5.41) is 7.55. The molecule has 124 valence electrons. The van der Waals surface area contributed by atoms with Crippen molar-refractivity contribution in [3.05, 3.63) is 45.8 Å². The number of hydrogen-bond donors (Lipinski definition) is 1. The summed E-state index contributed by atoms with van der Waals surface area (Å²) in [5.74, 6) is 0.559. The molecule has 23 heavy (non-hydrogen) atoms. The van der Waals surface area contributed by atoms with Crippen molar-refractivity contribution in [3.8, 4) is 5.75 Å². The molecule has 0 spiro atoms. The van der Waals surface area contributed by atoms with Crippen LogP contribution in [0.3, 0.4) is 0 Å². The second-order valence-electron chi connectivity index (χ2n) is 4.85. The van der Waals surface area contributed by atoms with Gasteiger partial charge in [0, 0.05) is 26.2 Å². The number of benzene rings is 1. The van der Waals surface area contributed by atoms with Crippen LogP contribution in [0.2, 0.25) is 10.0 Å². The van der Waals surface area contributed by atoms with Gasteiger partial charge in [-0.25, -0.2) is 0 Å². The predicted molar refractivity (Wildman–Crippen MR) is 88.2 cm³/mol. The van der Waals surface area contributed by atoms with Gasteiger partial charge in [0.05, 0.1) is 10.0 Å². The maximum Gasteiger partial charge on any atom is 0.275 e. The number of hydrogen-bond acceptors (Lipinski definition) is 5. The number of aromatic nitrogens is 1. The van der Waals surface area contributed by atoms with Crippen LogP contribution in [0.25, 0.3) is 0 Å². The number of carbonyl (C=O) groups excluding carboxylic acids is 1. The Morgan fingerprint density at radius 2 is 2.09 bits per heavy atom. The number of nitrogens with zero attached hydrogens (tertiary/aromatic N) is 2. The van der Waals surface area contributed by atoms with Gasteiger partial charge >= 0.3 is 0 Å². The van der Waals surface area contributed by atoms with Gasteiger partial charge in [-0.15, -0.1) is 0 Å². The lowest BCUT2D eigenvalue weighted by molar-refractivity contribution is 0.0786. The lowest BCUT2D eigenvalue weighted by atomic mass is 10.3. The van der Waals surface area contributed by atoms with Crippen LogP contribution < -0.4 is 10.1 Å². The number of likely N-dealkylation sites (N-methyl/N-ethyl adjacent to an activating group) is 2. The second kappa shape index (κ2) is 8.19. The Hall–Kier alpha value is -1.76. The lowest BCUT2D eigenvalue weighted by Gasteiger charge is -2.14. The van der Waals surface area contributed by atoms with Gasteiger partial charge in [-0.1, -0.05) is 34.4 Å². The summed E-state index contributed by atoms with van der Waals surface area (Å²) in [6.07, 6.45) is 0. The summed E-state index contributed by atoms with van der Waals surface area (Å²) >= 11 is 12.0. The number of para-hydroxylation sites is 1. The highest BCUT2D eigenvalue weighted by Crippen LogP contribution is 2.32. The van der Waals surface area contributed by atoms with Crippen molar-refractivity contribution in [2.45, 2.75) is 6.61 Å². The smallest absolute Gasteiger partial charge is 0.275 e. The molecule has 0 saturated carbocycles. The van der Waals surface area contributed by atoms with E-state index in [1.54, 1.807) is 36.2 Å². The van der Waals surface area contributed by atoms with Gasteiger partial charge < -0.3 is 19.5 Å². The molecule has 8 heteroatoms. The molecular formula is C15H17Cl2N3O3. The Morgan fingerprint density at radius 3 is 2.74 bits per heavy atom. The van der Waals surface area contributed by atoms with Crippen molar-refractivity contribution in [2.75, 3.05) is 27.2 Å². The van der Waals surface area contributed by atoms with Crippen LogP contribution >= 0.6 is 23.2 Å². The molecule has 0 unspecified atom stereocenters. The van der Waals surface area contributed by atoms with Crippen molar-refractivity contribution in [1.29, 1.82) is 0 Å². The summed E-state index contributed by atoms with van der Waals surface area (Å²) in [7, 11) is 3.53. The van der Waals surface area contributed by atoms with Crippen LogP contribution in [0.1, 0.15) is 16.2 Å². The minimum Gasteiger partial charge on any atom is -0.482 e. The first-order valence-electron chi connectivity index (χ1n) is 6.95. The first-order chi connectivity index (χ1) is 11.0. The van der Waals surface area contributed by atoms with Gasteiger partial charge in [-0.3, -0.25) is 4.79 Å². The van der Waals surface area contributed by atoms with E-state index in [2.05, 4.69) is 10.5 Å². The Morgan fingerprint density at radius 1 is 1.39 bits per heavy atom. The van der Waals surface area contributed by atoms with Crippen molar-refractivity contribution < 1.29 is 14.1 Å². The van der Waals surface area contributed by atoms with Crippen molar-refractivity contribution in [2.24, 2.45) is 0 Å². The molecular weight excluding hydrogens is 341 g/mol. The molecule has 1 aromatic carbocycles. The van der Waals surface area contributed by atoms with E-state index in [1.165, 1.54) is 0 Å². The van der Waals surface area contributed by atoms with Gasteiger partial charge in [-0.05, 0) is 19.2 Å². The van der Waals surface area contributed by atoms with Crippen molar-refractivity contribution in [3.63, 3.8) is 0 Å². The normalized spacial score (nSPS) is 10.6. The zero-order valence-electron chi connectivity index (χ0n) is 12.8. The molecule has 2 rings (SSSR count). The second-order valence-corrected chi connectivity index (χ2v) is 5.66. The minimum absolute atomic E-state index is 0.0734. The molecule has 2 aromatic rings. The number of halogens is 2. The maximum atomic E-state index is 12.1. The Bertz CT molecular complexity index is 655. The maximum absolute atomic E-state index is 12.1. The molecule has 1 aromatic heterocycles. The van der Waals surface area contributed by atoms with Crippen molar-refractivity contribution >= 4 is 29.1 Å². The van der Waals surface area contributed by atoms with Crippen molar-refractivity contribution in [1.82, 2.24) is 15.4 Å². The standard InChI is InChI=1S/C15H17Cl2N3O3/c1-18-6-7-20(2)15(21)13-8-10(23-19-13)9-22-14-11(16)4-3-5-12(14)17/h3-5,8,18H,6-7,9H2,1-2H3. The number of amides is 1. The van der Waals surface area contributed by atoms with Gasteiger partial charge in [0.2, 0.25) is 0 Å². The topological polar surface area (TPSA) is 67.6 Å². The predicted octanol–water partition coefficient (Wildman–Crippen LogP) is 2.85. The highest BCUT2D eigenvalue weighted by atomic mass is 35.5. The molecule has 0 fully saturated rings. The molecule has 0 atom stereocenters. The summed E-state index contributed by atoms with van der Waals surface area (Å²) in [6.45, 7) is 1.34. The number of rotatable bonds is 7. The largest absolute Gasteiger partial charge is 0.482 e. The average molecular weight is 358 g/mol. The van der Waals surface area contributed by atoms with E-state index in [0.29, 0.717) is 34.6 Å². The Balaban J connectivity index is 1.98. The molecule has 0 aliphatic rings. The van der Waals surface area contributed by atoms with Gasteiger partial charge in [0.25, 0.3) is 5.91 Å². The molecule has 0 radical (unpaired) electrons. The van der Waals surface area contributed by atoms with E-state index in [0.717, 1.165) is 0 Å². The quantitative estimate of drug-likeness (QED) is 0.824. The summed E-state index contributed by atoms with van der Waals surface area (Å²) < 4.78 is 10.7. The van der Waals surface area contributed by atoms with Gasteiger partial charge in [0.15, 0.2) is 17.2 Å². The van der Waals surface area contributed by atoms with E-state index in [-0.39, 0.29) is 18.2 Å². The third kappa shape index (κ3) is 4.60. The third-order valence-corrected chi connectivity index (χ3v) is 3.69. The van der Waals surface area contributed by atoms with Crippen LogP contribution in [0, 0.1) is 0 Å². The highest BCUT2D eigenvalue weighted by Gasteiger charge is 2.17. The fourth-order valence-electron chi connectivity index (χ4n) is 1.82. The van der Waals surface area contributed by atoms with E-state index in [1.807, 2.05) is 7.05 Å². The summed E-state index contributed by atoms with van der Waals surface area (Å²) in [5.41, 5.74) is 0.229. The molecule has 0 aliphatic heterocycles. The van der Waals surface area contributed by atoms with Gasteiger partial charge in [-0.2, -0.15) is 0 Å². The van der Waals surface area contributed by atoms with E-state index >= 15 is 0 Å². The minimum atomic E-state index is -0.217. The lowest BCUT2D eigenvalue weighted by Crippen LogP contribution is -2.32. The summed E-state index contributed by atoms with van der Waals surface area (Å²) in [4.78, 5) is 13.7. The number of nitrogens with one attached hydrogen (secondary N) is 1. The van der Waals surface area contributed by atoms with Crippen LogP contribution in [0.4, 0.5) is 0 Å². The molecule has 6 nitrogen and oxygen atoms in total. The van der Waals surface area contributed by atoms with Crippen LogP contribution in [-0.2, 0) is 6.61 Å². The van der Waals surface area contributed by atoms with E-state index in [4.69, 9.17) is 32.5 Å². The molecule has 1 N–H and O–H groups in total. The number of ether oxygens (including phenoxy) is 1. The van der Waals surface area contributed by atoms with Gasteiger partial charge in [0.1, 0.15) is 6.61 Å². The van der Waals surface area contributed by atoms with Crippen LogP contribution in [0.15, 0.2) is 28.8 Å². The fourth-order valence-corrected chi connectivity index (χ4v) is 2.33. The average Bonchev–Trinajstić information content (AvgIpc) is 3.00. The first-order valence-corrected chi connectivity index (χ1v) is 7.71. The molecule has 1 heterocycles. The first kappa shape index (κ1) is 17.6. The monoisotopic (exact) mass is 357 g/mol. The third-order valence-electron chi connectivity index (χ3n) is 3.10. The molecule has 0 saturated heterocycles. The van der Waals surface area contributed by atoms with E-state index in [9.17, 15) is 4.79 Å². The number of carbonyl (C=O) groups is 1. The van der Waals surface area contributed by atoms with E-state index < -0.39 is 0 Å². The SMILES string of the molecule is CNCCN(C)C(=O)c1cc(COc2c(Cl)cccc2Cl)on1. The zero-order valence-corrected chi connectivity index (χ0v) is 14.3. The molecule has 1 amide bonds. The Labute approximate surface area is 144 Å². The van der Waals surface area contributed by atoms with Crippen LogP contribution in [-0.4, -0.2) is 43.1 Å². The fraction of sp³-hybridized carbons (Fsp3) is 0.333. The summed E-state index contributed by atoms with van der Waals surface area (Å²) in [6, 6.07) is 6.62. The molecule has 0 bridgehead atoms. The van der Waals surface area contributed by atoms with Crippen LogP contribution in [0.5, 0.6) is 5.75 Å². The Kier molecular flexibility index (Phi) is 6.27.